The molecule has 1 aliphatic heterocycles. The average Bonchev–Trinajstić information content (AvgIpc) is 2.64. The van der Waals surface area contributed by atoms with Crippen molar-refractivity contribution in [3.05, 3.63) is 22.0 Å². The summed E-state index contributed by atoms with van der Waals surface area (Å²) in [5.74, 6) is 0.231. The minimum atomic E-state index is -1.02. The van der Waals surface area contributed by atoms with Gasteiger partial charge in [0.2, 0.25) is 0 Å². The molecule has 0 saturated heterocycles. The molecule has 1 aliphatic rings. The van der Waals surface area contributed by atoms with Crippen LogP contribution >= 0.6 is 22.9 Å². The summed E-state index contributed by atoms with van der Waals surface area (Å²) in [5, 5.41) is 9.95. The van der Waals surface area contributed by atoms with Crippen molar-refractivity contribution in [2.24, 2.45) is 0 Å². The molecule has 1 aromatic carbocycles. The lowest BCUT2D eigenvalue weighted by Gasteiger charge is -2.18. The number of rotatable bonds is 1. The van der Waals surface area contributed by atoms with Crippen molar-refractivity contribution in [3.8, 4) is 11.5 Å². The number of aromatic carboxylic acids is 1. The lowest BCUT2D eigenvalue weighted by Crippen LogP contribution is -2.14. The van der Waals surface area contributed by atoms with E-state index < -0.39 is 5.97 Å². The third kappa shape index (κ3) is 1.62. The van der Waals surface area contributed by atoms with Gasteiger partial charge in [-0.2, -0.15) is 0 Å². The Bertz CT molecular complexity index is 619. The summed E-state index contributed by atoms with van der Waals surface area (Å²) in [4.78, 5) is 11.1. The Hall–Kier alpha value is -1.46. The Morgan fingerprint density at radius 3 is 2.59 bits per heavy atom. The van der Waals surface area contributed by atoms with E-state index in [2.05, 4.69) is 0 Å². The highest BCUT2D eigenvalue weighted by molar-refractivity contribution is 7.21. The second-order valence-corrected chi connectivity index (χ2v) is 4.97. The fourth-order valence-corrected chi connectivity index (χ4v) is 3.09. The van der Waals surface area contributed by atoms with Gasteiger partial charge >= 0.3 is 5.97 Å². The molecule has 0 saturated carbocycles. The molecule has 0 amide bonds. The second-order valence-electron chi connectivity index (χ2n) is 3.54. The number of benzene rings is 1. The molecular weight excluding hydrogens is 264 g/mol. The molecule has 17 heavy (non-hydrogen) atoms. The van der Waals surface area contributed by atoms with E-state index >= 15 is 0 Å². The Kier molecular flexibility index (Phi) is 2.38. The van der Waals surface area contributed by atoms with Crippen molar-refractivity contribution in [2.75, 3.05) is 13.2 Å². The summed E-state index contributed by atoms with van der Waals surface area (Å²) in [6.07, 6.45) is 0. The third-order valence-corrected chi connectivity index (χ3v) is 4.13. The third-order valence-electron chi connectivity index (χ3n) is 2.49. The van der Waals surface area contributed by atoms with Crippen molar-refractivity contribution in [2.45, 2.75) is 0 Å². The van der Waals surface area contributed by atoms with Crippen molar-refractivity contribution >= 4 is 39.0 Å². The molecule has 0 fully saturated rings. The van der Waals surface area contributed by atoms with Crippen LogP contribution in [0.2, 0.25) is 5.02 Å². The highest BCUT2D eigenvalue weighted by Crippen LogP contribution is 2.42. The molecule has 0 radical (unpaired) electrons. The van der Waals surface area contributed by atoms with E-state index in [0.717, 1.165) is 16.0 Å². The molecule has 0 aliphatic carbocycles. The van der Waals surface area contributed by atoms with Crippen molar-refractivity contribution in [3.63, 3.8) is 0 Å². The number of carbonyl (C=O) groups is 1. The smallest absolute Gasteiger partial charge is 0.347 e. The Labute approximate surface area is 105 Å². The van der Waals surface area contributed by atoms with Gasteiger partial charge < -0.3 is 14.6 Å². The Morgan fingerprint density at radius 1 is 1.29 bits per heavy atom. The number of fused-ring (bicyclic) bond motifs is 2. The van der Waals surface area contributed by atoms with E-state index in [0.29, 0.717) is 30.1 Å². The predicted octanol–water partition coefficient (Wildman–Crippen LogP) is 3.02. The minimum absolute atomic E-state index is 0.143. The van der Waals surface area contributed by atoms with Gasteiger partial charge in [0.25, 0.3) is 0 Å². The number of hydrogen-bond acceptors (Lipinski definition) is 4. The van der Waals surface area contributed by atoms with E-state index in [1.54, 1.807) is 12.1 Å². The number of ether oxygens (including phenoxy) is 2. The molecule has 3 rings (SSSR count). The fraction of sp³-hybridized carbons (Fsp3) is 0.182. The normalized spacial score (nSPS) is 13.9. The number of halogens is 1. The van der Waals surface area contributed by atoms with Gasteiger partial charge in [0.15, 0.2) is 11.5 Å². The Morgan fingerprint density at radius 2 is 1.94 bits per heavy atom. The summed E-state index contributed by atoms with van der Waals surface area (Å²) >= 11 is 7.17. The van der Waals surface area contributed by atoms with E-state index in [9.17, 15) is 4.79 Å². The summed E-state index contributed by atoms with van der Waals surface area (Å²) in [6.45, 7) is 0.995. The first-order valence-corrected chi connectivity index (χ1v) is 6.11. The van der Waals surface area contributed by atoms with Crippen LogP contribution in [0.3, 0.4) is 0 Å². The SMILES string of the molecule is O=C(O)c1sc2cc3c(cc2c1Cl)OCCO3. The van der Waals surface area contributed by atoms with Gasteiger partial charge in [-0.15, -0.1) is 11.3 Å². The highest BCUT2D eigenvalue weighted by atomic mass is 35.5. The monoisotopic (exact) mass is 270 g/mol. The molecule has 88 valence electrons. The largest absolute Gasteiger partial charge is 0.486 e. The van der Waals surface area contributed by atoms with Gasteiger partial charge in [-0.1, -0.05) is 11.6 Å². The minimum Gasteiger partial charge on any atom is -0.486 e. The topological polar surface area (TPSA) is 55.8 Å². The zero-order valence-corrected chi connectivity index (χ0v) is 10.1. The summed E-state index contributed by atoms with van der Waals surface area (Å²) in [7, 11) is 0. The molecule has 6 heteroatoms. The molecule has 0 bridgehead atoms. The van der Waals surface area contributed by atoms with Gasteiger partial charge in [-0.3, -0.25) is 0 Å². The standard InChI is InChI=1S/C11H7ClO4S/c12-9-5-3-6-7(16-2-1-15-6)4-8(5)17-10(9)11(13)14/h3-4H,1-2H2,(H,13,14). The van der Waals surface area contributed by atoms with Crippen LogP contribution in [0.25, 0.3) is 10.1 Å². The summed E-state index contributed by atoms with van der Waals surface area (Å²) < 4.78 is 11.7. The van der Waals surface area contributed by atoms with Crippen LogP contribution in [-0.2, 0) is 0 Å². The molecule has 0 spiro atoms. The number of hydrogen-bond donors (Lipinski definition) is 1. The predicted molar refractivity (Wildman–Crippen MR) is 64.8 cm³/mol. The maximum atomic E-state index is 11.0. The van der Waals surface area contributed by atoms with E-state index in [1.165, 1.54) is 0 Å². The summed E-state index contributed by atoms with van der Waals surface area (Å²) in [6, 6.07) is 3.50. The van der Waals surface area contributed by atoms with Crippen LogP contribution in [0.5, 0.6) is 11.5 Å². The first kappa shape index (κ1) is 10.7. The molecule has 0 atom stereocenters. The zero-order chi connectivity index (χ0) is 12.0. The van der Waals surface area contributed by atoms with Crippen molar-refractivity contribution in [1.82, 2.24) is 0 Å². The molecule has 0 unspecified atom stereocenters. The van der Waals surface area contributed by atoms with E-state index in [-0.39, 0.29) is 9.90 Å². The van der Waals surface area contributed by atoms with Crippen LogP contribution in [0, 0.1) is 0 Å². The van der Waals surface area contributed by atoms with Crippen molar-refractivity contribution < 1.29 is 19.4 Å². The van der Waals surface area contributed by atoms with Gasteiger partial charge in [0.05, 0.1) is 5.02 Å². The van der Waals surface area contributed by atoms with Crippen LogP contribution in [-0.4, -0.2) is 24.3 Å². The van der Waals surface area contributed by atoms with Gasteiger partial charge in [-0.25, -0.2) is 4.79 Å². The van der Waals surface area contributed by atoms with Crippen LogP contribution in [0.15, 0.2) is 12.1 Å². The second kappa shape index (κ2) is 3.78. The lowest BCUT2D eigenvalue weighted by atomic mass is 10.2. The van der Waals surface area contributed by atoms with Crippen LogP contribution in [0.1, 0.15) is 9.67 Å². The first-order chi connectivity index (χ1) is 8.16. The maximum Gasteiger partial charge on any atom is 0.347 e. The quantitative estimate of drug-likeness (QED) is 0.865. The van der Waals surface area contributed by atoms with Crippen LogP contribution in [0.4, 0.5) is 0 Å². The molecule has 2 aromatic rings. The Balaban J connectivity index is 2.27. The first-order valence-electron chi connectivity index (χ1n) is 4.92. The number of thiophene rings is 1. The van der Waals surface area contributed by atoms with Gasteiger partial charge in [0.1, 0.15) is 18.1 Å². The van der Waals surface area contributed by atoms with Crippen molar-refractivity contribution in [1.29, 1.82) is 0 Å². The fourth-order valence-electron chi connectivity index (χ4n) is 1.74. The van der Waals surface area contributed by atoms with Gasteiger partial charge in [0, 0.05) is 16.2 Å². The lowest BCUT2D eigenvalue weighted by molar-refractivity contribution is 0.0702. The van der Waals surface area contributed by atoms with E-state index in [4.69, 9.17) is 26.2 Å². The number of carboxylic acids is 1. The number of carboxylic acid groups (broad SMARTS) is 1. The van der Waals surface area contributed by atoms with Crippen LogP contribution < -0.4 is 9.47 Å². The average molecular weight is 271 g/mol. The maximum absolute atomic E-state index is 11.0. The highest BCUT2D eigenvalue weighted by Gasteiger charge is 2.20. The molecular formula is C11H7ClO4S. The molecule has 4 nitrogen and oxygen atoms in total. The molecule has 1 N–H and O–H groups in total. The summed E-state index contributed by atoms with van der Waals surface area (Å²) in [5.41, 5.74) is 0. The van der Waals surface area contributed by atoms with Gasteiger partial charge in [-0.05, 0) is 6.07 Å². The molecule has 2 heterocycles. The van der Waals surface area contributed by atoms with E-state index in [1.807, 2.05) is 0 Å². The zero-order valence-electron chi connectivity index (χ0n) is 8.53. The molecule has 1 aromatic heterocycles.